The molecule has 0 spiro atoms. The molecule has 158 valence electrons. The maximum atomic E-state index is 12.8. The molecule has 0 aromatic heterocycles. The Morgan fingerprint density at radius 3 is 2.45 bits per heavy atom. The summed E-state index contributed by atoms with van der Waals surface area (Å²) in [4.78, 5) is 31.4. The second-order valence-corrected chi connectivity index (χ2v) is 9.36. The number of sulfonamides is 1. The predicted molar refractivity (Wildman–Crippen MR) is 108 cm³/mol. The SMILES string of the molecule is C[C@H](N=C1NS(=O)(=O)c2ccccc21)C(=O)O[C@H](C)C(=O)N1[C@H](C)CCC[C@H]1C. The van der Waals surface area contributed by atoms with Gasteiger partial charge in [0.1, 0.15) is 11.9 Å². The third kappa shape index (κ3) is 4.29. The van der Waals surface area contributed by atoms with Crippen LogP contribution in [0.3, 0.4) is 0 Å². The van der Waals surface area contributed by atoms with Crippen molar-refractivity contribution in [2.24, 2.45) is 4.99 Å². The number of hydrogen-bond donors (Lipinski definition) is 1. The molecule has 1 aromatic carbocycles. The summed E-state index contributed by atoms with van der Waals surface area (Å²) in [7, 11) is -3.68. The van der Waals surface area contributed by atoms with Crippen molar-refractivity contribution in [1.82, 2.24) is 9.62 Å². The van der Waals surface area contributed by atoms with Crippen LogP contribution < -0.4 is 4.72 Å². The van der Waals surface area contributed by atoms with Gasteiger partial charge in [0.25, 0.3) is 15.9 Å². The molecule has 0 unspecified atom stereocenters. The molecule has 2 aliphatic heterocycles. The number of nitrogens with one attached hydrogen (secondary N) is 1. The molecule has 1 amide bonds. The number of aliphatic imine (C=N–C) groups is 1. The number of carbonyl (C=O) groups is 2. The van der Waals surface area contributed by atoms with Crippen molar-refractivity contribution < 1.29 is 22.7 Å². The first-order chi connectivity index (χ1) is 13.6. The highest BCUT2D eigenvalue weighted by molar-refractivity contribution is 7.90. The summed E-state index contributed by atoms with van der Waals surface area (Å²) < 4.78 is 32.0. The van der Waals surface area contributed by atoms with Crippen LogP contribution in [0.5, 0.6) is 0 Å². The van der Waals surface area contributed by atoms with E-state index in [1.165, 1.54) is 13.0 Å². The number of amidine groups is 1. The molecule has 0 bridgehead atoms. The first-order valence-electron chi connectivity index (χ1n) is 9.84. The Kier molecular flexibility index (Phi) is 5.97. The molecule has 0 aliphatic carbocycles. The fourth-order valence-corrected chi connectivity index (χ4v) is 5.10. The fourth-order valence-electron chi connectivity index (χ4n) is 3.86. The highest BCUT2D eigenvalue weighted by Crippen LogP contribution is 2.24. The molecule has 1 fully saturated rings. The number of carbonyl (C=O) groups excluding carboxylic acids is 2. The molecular weight excluding hydrogens is 394 g/mol. The van der Waals surface area contributed by atoms with E-state index in [1.54, 1.807) is 30.0 Å². The number of piperidine rings is 1. The lowest BCUT2D eigenvalue weighted by molar-refractivity contribution is -0.162. The predicted octanol–water partition coefficient (Wildman–Crippen LogP) is 1.83. The summed E-state index contributed by atoms with van der Waals surface area (Å²) in [5.74, 6) is -0.800. The van der Waals surface area contributed by atoms with Crippen LogP contribution in [0.15, 0.2) is 34.2 Å². The summed E-state index contributed by atoms with van der Waals surface area (Å²) in [6.07, 6.45) is 2.01. The molecule has 4 atom stereocenters. The van der Waals surface area contributed by atoms with Crippen LogP contribution in [-0.4, -0.2) is 55.3 Å². The quantitative estimate of drug-likeness (QED) is 0.747. The number of amides is 1. The van der Waals surface area contributed by atoms with Crippen molar-refractivity contribution in [3.63, 3.8) is 0 Å². The summed E-state index contributed by atoms with van der Waals surface area (Å²) >= 11 is 0. The van der Waals surface area contributed by atoms with Crippen LogP contribution in [0.25, 0.3) is 0 Å². The molecule has 8 nitrogen and oxygen atoms in total. The third-order valence-corrected chi connectivity index (χ3v) is 6.81. The maximum Gasteiger partial charge on any atom is 0.331 e. The van der Waals surface area contributed by atoms with Crippen molar-refractivity contribution in [2.75, 3.05) is 0 Å². The molecule has 2 heterocycles. The van der Waals surface area contributed by atoms with Gasteiger partial charge in [0.15, 0.2) is 6.10 Å². The van der Waals surface area contributed by atoms with Gasteiger partial charge < -0.3 is 9.64 Å². The number of fused-ring (bicyclic) bond motifs is 1. The molecule has 3 rings (SSSR count). The van der Waals surface area contributed by atoms with Crippen molar-refractivity contribution in [1.29, 1.82) is 0 Å². The molecule has 29 heavy (non-hydrogen) atoms. The van der Waals surface area contributed by atoms with E-state index in [2.05, 4.69) is 9.71 Å². The van der Waals surface area contributed by atoms with Gasteiger partial charge in [-0.25, -0.2) is 13.2 Å². The van der Waals surface area contributed by atoms with Gasteiger partial charge in [-0.3, -0.25) is 14.5 Å². The van der Waals surface area contributed by atoms with E-state index >= 15 is 0 Å². The summed E-state index contributed by atoms with van der Waals surface area (Å²) in [5.41, 5.74) is 0.409. The maximum absolute atomic E-state index is 12.8. The third-order valence-electron chi connectivity index (χ3n) is 5.42. The second kappa shape index (κ2) is 8.14. The Labute approximate surface area is 171 Å². The van der Waals surface area contributed by atoms with Crippen molar-refractivity contribution in [2.45, 2.75) is 76.1 Å². The Morgan fingerprint density at radius 2 is 1.79 bits per heavy atom. The zero-order chi connectivity index (χ0) is 21.3. The fraction of sp³-hybridized carbons (Fsp3) is 0.550. The average molecular weight is 422 g/mol. The van der Waals surface area contributed by atoms with Crippen molar-refractivity contribution in [3.8, 4) is 0 Å². The molecule has 1 N–H and O–H groups in total. The summed E-state index contributed by atoms with van der Waals surface area (Å²) in [6, 6.07) is 5.66. The van der Waals surface area contributed by atoms with Crippen LogP contribution in [0.1, 0.15) is 52.5 Å². The van der Waals surface area contributed by atoms with E-state index in [9.17, 15) is 18.0 Å². The van der Waals surface area contributed by atoms with Gasteiger partial charge in [-0.15, -0.1) is 0 Å². The first kappa shape index (κ1) is 21.3. The van der Waals surface area contributed by atoms with Crippen molar-refractivity contribution in [3.05, 3.63) is 29.8 Å². The van der Waals surface area contributed by atoms with Crippen LogP contribution in [0, 0.1) is 0 Å². The van der Waals surface area contributed by atoms with Crippen LogP contribution in [0.4, 0.5) is 0 Å². The minimum absolute atomic E-state index is 0.0994. The minimum atomic E-state index is -3.68. The molecule has 1 aromatic rings. The van der Waals surface area contributed by atoms with E-state index in [4.69, 9.17) is 4.74 Å². The normalized spacial score (nSPS) is 26.3. The highest BCUT2D eigenvalue weighted by atomic mass is 32.2. The molecule has 0 radical (unpaired) electrons. The van der Waals surface area contributed by atoms with E-state index < -0.39 is 28.1 Å². The molecule has 1 saturated heterocycles. The van der Waals surface area contributed by atoms with Gasteiger partial charge in [0.05, 0.1) is 4.90 Å². The van der Waals surface area contributed by atoms with Crippen LogP contribution in [0.2, 0.25) is 0 Å². The first-order valence-corrected chi connectivity index (χ1v) is 11.3. The van der Waals surface area contributed by atoms with Crippen molar-refractivity contribution >= 4 is 27.7 Å². The molecule has 9 heteroatoms. The van der Waals surface area contributed by atoms with Gasteiger partial charge >= 0.3 is 5.97 Å². The molecular formula is C20H27N3O5S. The van der Waals surface area contributed by atoms with Crippen LogP contribution in [-0.2, 0) is 24.3 Å². The average Bonchev–Trinajstić information content (AvgIpc) is 2.92. The minimum Gasteiger partial charge on any atom is -0.451 e. The second-order valence-electron chi connectivity index (χ2n) is 7.71. The van der Waals surface area contributed by atoms with Crippen LogP contribution >= 0.6 is 0 Å². The number of benzene rings is 1. The smallest absolute Gasteiger partial charge is 0.331 e. The standard InChI is InChI=1S/C20H27N3O5S/c1-12-8-7-9-13(2)23(12)19(24)15(4)28-20(25)14(3)21-18-16-10-5-6-11-17(16)29(26,27)22-18/h5-6,10-15H,7-9H2,1-4H3,(H,21,22)/t12-,13-,14+,15-/m1/s1. The zero-order valence-corrected chi connectivity index (χ0v) is 17.9. The van der Waals surface area contributed by atoms with Gasteiger partial charge in [-0.1, -0.05) is 12.1 Å². The Hall–Kier alpha value is -2.42. The zero-order valence-electron chi connectivity index (χ0n) is 17.1. The number of likely N-dealkylation sites (tertiary alicyclic amines) is 1. The lowest BCUT2D eigenvalue weighted by atomic mass is 9.97. The monoisotopic (exact) mass is 421 g/mol. The molecule has 0 saturated carbocycles. The largest absolute Gasteiger partial charge is 0.451 e. The number of rotatable bonds is 4. The van der Waals surface area contributed by atoms with E-state index in [0.29, 0.717) is 5.56 Å². The lowest BCUT2D eigenvalue weighted by Crippen LogP contribution is -2.51. The molecule has 2 aliphatic rings. The Morgan fingerprint density at radius 1 is 1.17 bits per heavy atom. The van der Waals surface area contributed by atoms with Gasteiger partial charge in [0, 0.05) is 17.6 Å². The van der Waals surface area contributed by atoms with E-state index in [1.807, 2.05) is 13.8 Å². The summed E-state index contributed by atoms with van der Waals surface area (Å²) in [5, 5.41) is 0. The lowest BCUT2D eigenvalue weighted by Gasteiger charge is -2.40. The van der Waals surface area contributed by atoms with Gasteiger partial charge in [0.2, 0.25) is 0 Å². The number of nitrogens with zero attached hydrogens (tertiary/aromatic N) is 2. The van der Waals surface area contributed by atoms with E-state index in [-0.39, 0.29) is 28.7 Å². The number of hydrogen-bond acceptors (Lipinski definition) is 6. The Balaban J connectivity index is 1.70. The van der Waals surface area contributed by atoms with Gasteiger partial charge in [-0.2, -0.15) is 0 Å². The number of esters is 1. The number of ether oxygens (including phenoxy) is 1. The van der Waals surface area contributed by atoms with E-state index in [0.717, 1.165) is 19.3 Å². The topological polar surface area (TPSA) is 105 Å². The summed E-state index contributed by atoms with van der Waals surface area (Å²) in [6.45, 7) is 7.07. The Bertz CT molecular complexity index is 933. The van der Waals surface area contributed by atoms with Gasteiger partial charge in [-0.05, 0) is 59.1 Å². The highest BCUT2D eigenvalue weighted by Gasteiger charge is 2.35.